The van der Waals surface area contributed by atoms with E-state index in [0.717, 1.165) is 5.56 Å². The van der Waals surface area contributed by atoms with E-state index in [2.05, 4.69) is 9.82 Å². The average molecular weight is 321 g/mol. The van der Waals surface area contributed by atoms with Crippen LogP contribution >= 0.6 is 0 Å². The molecular formula is C15H16FN3O2S. The number of hydrazone groups is 1. The summed E-state index contributed by atoms with van der Waals surface area (Å²) in [6, 6.07) is 11.9. The first-order chi connectivity index (χ1) is 10.4. The number of hydrogen-bond donors (Lipinski definition) is 2. The number of benzene rings is 2. The van der Waals surface area contributed by atoms with Crippen molar-refractivity contribution in [2.45, 2.75) is 18.4 Å². The molecule has 2 aromatic carbocycles. The molecule has 7 heteroatoms. The molecular weight excluding hydrogens is 305 g/mol. The summed E-state index contributed by atoms with van der Waals surface area (Å²) in [4.78, 5) is 0.142. The number of sulfonamides is 1. The molecule has 0 aliphatic rings. The molecule has 22 heavy (non-hydrogen) atoms. The Balaban J connectivity index is 2.11. The van der Waals surface area contributed by atoms with Crippen molar-refractivity contribution in [2.75, 3.05) is 0 Å². The van der Waals surface area contributed by atoms with Gasteiger partial charge in [-0.25, -0.2) is 17.5 Å². The molecule has 0 spiro atoms. The van der Waals surface area contributed by atoms with Crippen LogP contribution in [0.4, 0.5) is 4.39 Å². The maximum Gasteiger partial charge on any atom is 0.240 e. The summed E-state index contributed by atoms with van der Waals surface area (Å²) in [5.41, 5.74) is 2.04. The van der Waals surface area contributed by atoms with Crippen molar-refractivity contribution in [3.05, 3.63) is 65.5 Å². The highest BCUT2D eigenvalue weighted by Gasteiger charge is 2.13. The number of nitrogens with one attached hydrogen (secondary N) is 1. The Labute approximate surface area is 128 Å². The third kappa shape index (κ3) is 3.90. The van der Waals surface area contributed by atoms with Gasteiger partial charge in [-0.2, -0.15) is 5.10 Å². The van der Waals surface area contributed by atoms with E-state index < -0.39 is 10.0 Å². The van der Waals surface area contributed by atoms with Crippen molar-refractivity contribution >= 4 is 15.7 Å². The fourth-order valence-corrected chi connectivity index (χ4v) is 2.83. The summed E-state index contributed by atoms with van der Waals surface area (Å²) in [6.45, 7) is 1.82. The molecule has 0 aliphatic carbocycles. The summed E-state index contributed by atoms with van der Waals surface area (Å²) >= 11 is 0. The summed E-state index contributed by atoms with van der Waals surface area (Å²) in [5.74, 6) is 4.82. The van der Waals surface area contributed by atoms with Gasteiger partial charge in [0.25, 0.3) is 0 Å². The normalized spacial score (nSPS) is 12.4. The second-order valence-corrected chi connectivity index (χ2v) is 6.46. The highest BCUT2D eigenvalue weighted by molar-refractivity contribution is 7.89. The molecule has 0 unspecified atom stereocenters. The summed E-state index contributed by atoms with van der Waals surface area (Å²) in [5, 5.41) is 3.55. The van der Waals surface area contributed by atoms with Gasteiger partial charge in [-0.15, -0.1) is 0 Å². The van der Waals surface area contributed by atoms with Crippen molar-refractivity contribution in [1.29, 1.82) is 0 Å². The van der Waals surface area contributed by atoms with E-state index in [1.807, 2.05) is 0 Å². The van der Waals surface area contributed by atoms with Crippen LogP contribution in [0.2, 0.25) is 0 Å². The van der Waals surface area contributed by atoms with Gasteiger partial charge in [0, 0.05) is 6.54 Å². The molecule has 0 saturated carbocycles. The number of nitrogens with zero attached hydrogens (tertiary/aromatic N) is 1. The second-order valence-electron chi connectivity index (χ2n) is 4.69. The van der Waals surface area contributed by atoms with Crippen molar-refractivity contribution in [3.63, 3.8) is 0 Å². The fourth-order valence-electron chi connectivity index (χ4n) is 1.81. The molecule has 0 fully saturated rings. The van der Waals surface area contributed by atoms with Crippen molar-refractivity contribution < 1.29 is 12.8 Å². The van der Waals surface area contributed by atoms with Gasteiger partial charge < -0.3 is 5.84 Å². The Hall–Kier alpha value is -2.25. The largest absolute Gasteiger partial charge is 0.323 e. The molecule has 5 nitrogen and oxygen atoms in total. The van der Waals surface area contributed by atoms with E-state index in [9.17, 15) is 12.8 Å². The smallest absolute Gasteiger partial charge is 0.240 e. The van der Waals surface area contributed by atoms with Gasteiger partial charge in [0.1, 0.15) is 5.82 Å². The number of nitrogens with two attached hydrogens (primary N) is 1. The minimum absolute atomic E-state index is 0.0909. The zero-order chi connectivity index (χ0) is 16.2. The first-order valence-electron chi connectivity index (χ1n) is 6.51. The molecule has 0 saturated heterocycles. The first kappa shape index (κ1) is 16.1. The van der Waals surface area contributed by atoms with E-state index in [1.54, 1.807) is 19.1 Å². The predicted molar refractivity (Wildman–Crippen MR) is 83.3 cm³/mol. The van der Waals surface area contributed by atoms with Crippen LogP contribution in [0, 0.1) is 5.82 Å². The fraction of sp³-hybridized carbons (Fsp3) is 0.133. The zero-order valence-electron chi connectivity index (χ0n) is 12.0. The maximum absolute atomic E-state index is 12.8. The Morgan fingerprint density at radius 3 is 2.27 bits per heavy atom. The standard InChI is InChI=1S/C15H16FN3O2S/c1-11(19-17)13-4-8-15(9-5-13)22(20,21)18-10-12-2-6-14(16)7-3-12/h2-9,18H,10,17H2,1H3/b19-11-. The van der Waals surface area contributed by atoms with Gasteiger partial charge in [-0.05, 0) is 42.3 Å². The van der Waals surface area contributed by atoms with Crippen LogP contribution < -0.4 is 10.6 Å². The van der Waals surface area contributed by atoms with Crippen molar-refractivity contribution in [3.8, 4) is 0 Å². The maximum atomic E-state index is 12.8. The molecule has 0 heterocycles. The molecule has 0 aliphatic heterocycles. The van der Waals surface area contributed by atoms with E-state index in [0.29, 0.717) is 11.3 Å². The van der Waals surface area contributed by atoms with Crippen LogP contribution in [0.15, 0.2) is 58.5 Å². The Morgan fingerprint density at radius 2 is 1.73 bits per heavy atom. The number of halogens is 1. The second kappa shape index (κ2) is 6.67. The minimum Gasteiger partial charge on any atom is -0.323 e. The zero-order valence-corrected chi connectivity index (χ0v) is 12.8. The van der Waals surface area contributed by atoms with Crippen LogP contribution in [0.5, 0.6) is 0 Å². The first-order valence-corrected chi connectivity index (χ1v) is 8.00. The SMILES string of the molecule is C/C(=N/N)c1ccc(S(=O)(=O)NCc2ccc(F)cc2)cc1. The predicted octanol–water partition coefficient (Wildman–Crippen LogP) is 1.99. The third-order valence-electron chi connectivity index (χ3n) is 3.16. The molecule has 3 N–H and O–H groups in total. The average Bonchev–Trinajstić information content (AvgIpc) is 2.54. The van der Waals surface area contributed by atoms with Crippen molar-refractivity contribution in [2.24, 2.45) is 10.9 Å². The highest BCUT2D eigenvalue weighted by atomic mass is 32.2. The molecule has 0 aromatic heterocycles. The van der Waals surface area contributed by atoms with Crippen LogP contribution in [0.3, 0.4) is 0 Å². The van der Waals surface area contributed by atoms with E-state index in [-0.39, 0.29) is 17.3 Å². The van der Waals surface area contributed by atoms with E-state index in [1.165, 1.54) is 36.4 Å². The van der Waals surface area contributed by atoms with E-state index >= 15 is 0 Å². The van der Waals surface area contributed by atoms with Crippen LogP contribution in [0.25, 0.3) is 0 Å². The summed E-state index contributed by atoms with van der Waals surface area (Å²) in [7, 11) is -3.63. The molecule has 116 valence electrons. The third-order valence-corrected chi connectivity index (χ3v) is 4.57. The molecule has 2 aromatic rings. The van der Waals surface area contributed by atoms with Gasteiger partial charge in [0.05, 0.1) is 10.6 Å². The highest BCUT2D eigenvalue weighted by Crippen LogP contribution is 2.12. The Morgan fingerprint density at radius 1 is 1.14 bits per heavy atom. The lowest BCUT2D eigenvalue weighted by molar-refractivity contribution is 0.581. The van der Waals surface area contributed by atoms with Gasteiger partial charge in [-0.3, -0.25) is 0 Å². The van der Waals surface area contributed by atoms with Crippen molar-refractivity contribution in [1.82, 2.24) is 4.72 Å². The quantitative estimate of drug-likeness (QED) is 0.502. The molecule has 0 radical (unpaired) electrons. The molecule has 0 bridgehead atoms. The Bertz CT molecular complexity index is 769. The molecule has 2 rings (SSSR count). The van der Waals surface area contributed by atoms with Gasteiger partial charge >= 0.3 is 0 Å². The summed E-state index contributed by atoms with van der Waals surface area (Å²) < 4.78 is 39.6. The number of rotatable bonds is 5. The lowest BCUT2D eigenvalue weighted by atomic mass is 10.1. The number of hydrogen-bond acceptors (Lipinski definition) is 4. The van der Waals surface area contributed by atoms with Gasteiger partial charge in [0.15, 0.2) is 0 Å². The molecule has 0 atom stereocenters. The van der Waals surface area contributed by atoms with Crippen LogP contribution in [-0.4, -0.2) is 14.1 Å². The van der Waals surface area contributed by atoms with Gasteiger partial charge in [-0.1, -0.05) is 24.3 Å². The van der Waals surface area contributed by atoms with E-state index in [4.69, 9.17) is 5.84 Å². The summed E-state index contributed by atoms with van der Waals surface area (Å²) in [6.07, 6.45) is 0. The topological polar surface area (TPSA) is 84.5 Å². The monoisotopic (exact) mass is 321 g/mol. The van der Waals surface area contributed by atoms with Gasteiger partial charge in [0.2, 0.25) is 10.0 Å². The lowest BCUT2D eigenvalue weighted by Crippen LogP contribution is -2.23. The minimum atomic E-state index is -3.63. The van der Waals surface area contributed by atoms with Crippen LogP contribution in [0.1, 0.15) is 18.1 Å². The molecule has 0 amide bonds. The lowest BCUT2D eigenvalue weighted by Gasteiger charge is -2.08. The Kier molecular flexibility index (Phi) is 4.89. The van der Waals surface area contributed by atoms with Crippen LogP contribution in [-0.2, 0) is 16.6 Å².